The molecule has 0 amide bonds. The summed E-state index contributed by atoms with van der Waals surface area (Å²) in [6.45, 7) is 6.00. The van der Waals surface area contributed by atoms with Crippen LogP contribution in [0.5, 0.6) is 0 Å². The molecular weight excluding hydrogens is 292 g/mol. The van der Waals surface area contributed by atoms with Crippen molar-refractivity contribution >= 4 is 6.34 Å². The van der Waals surface area contributed by atoms with E-state index in [0.29, 0.717) is 0 Å². The molecule has 1 rings (SSSR count). The Kier molecular flexibility index (Phi) is 14.3. The molecule has 0 aromatic heterocycles. The quantitative estimate of drug-likeness (QED) is 0.225. The van der Waals surface area contributed by atoms with E-state index in [2.05, 4.69) is 29.8 Å². The lowest BCUT2D eigenvalue weighted by molar-refractivity contribution is -0.482. The summed E-state index contributed by atoms with van der Waals surface area (Å²) in [7, 11) is 2.17. The summed E-state index contributed by atoms with van der Waals surface area (Å²) < 4.78 is 2.30. The third-order valence-electron chi connectivity index (χ3n) is 5.40. The van der Waals surface area contributed by atoms with Gasteiger partial charge >= 0.3 is 0 Å². The molecule has 0 fully saturated rings. The summed E-state index contributed by atoms with van der Waals surface area (Å²) in [6, 6.07) is 0. The molecule has 0 aromatic carbocycles. The normalized spacial score (nSPS) is 14.4. The predicted octanol–water partition coefficient (Wildman–Crippen LogP) is 6.23. The van der Waals surface area contributed by atoms with E-state index in [4.69, 9.17) is 0 Å². The van der Waals surface area contributed by atoms with Crippen molar-refractivity contribution in [2.24, 2.45) is 0 Å². The minimum atomic E-state index is 1.21. The second-order valence-electron chi connectivity index (χ2n) is 7.94. The van der Waals surface area contributed by atoms with E-state index in [1.165, 1.54) is 122 Å². The number of hydrogen-bond donors (Lipinski definition) is 0. The zero-order valence-corrected chi connectivity index (χ0v) is 16.9. The van der Waals surface area contributed by atoms with Crippen LogP contribution in [0.25, 0.3) is 0 Å². The van der Waals surface area contributed by atoms with Crippen molar-refractivity contribution in [1.82, 2.24) is 4.90 Å². The number of unbranched alkanes of at least 4 members (excludes halogenated alkanes) is 15. The molecule has 24 heavy (non-hydrogen) atoms. The number of hydrogen-bond acceptors (Lipinski definition) is 1. The Bertz CT molecular complexity index is 298. The zero-order valence-electron chi connectivity index (χ0n) is 16.9. The Hall–Kier alpha value is -0.530. The number of rotatable bonds is 17. The molecule has 0 spiro atoms. The highest BCUT2D eigenvalue weighted by Crippen LogP contribution is 2.13. The second kappa shape index (κ2) is 16.0. The Morgan fingerprint density at radius 3 is 1.46 bits per heavy atom. The molecule has 142 valence electrons. The molecule has 0 atom stereocenters. The first-order chi connectivity index (χ1) is 11.8. The van der Waals surface area contributed by atoms with Crippen LogP contribution in [-0.2, 0) is 0 Å². The lowest BCUT2D eigenvalue weighted by Gasteiger charge is -2.06. The fourth-order valence-corrected chi connectivity index (χ4v) is 3.71. The van der Waals surface area contributed by atoms with Crippen LogP contribution >= 0.6 is 0 Å². The third kappa shape index (κ3) is 12.8. The maximum atomic E-state index is 2.48. The number of nitrogens with zero attached hydrogens (tertiary/aromatic N) is 2. The first-order valence-electron chi connectivity index (χ1n) is 11.1. The predicted molar refractivity (Wildman–Crippen MR) is 108 cm³/mol. The van der Waals surface area contributed by atoms with E-state index in [9.17, 15) is 0 Å². The zero-order chi connectivity index (χ0) is 17.3. The summed E-state index contributed by atoms with van der Waals surface area (Å²) >= 11 is 0. The monoisotopic (exact) mass is 337 g/mol. The van der Waals surface area contributed by atoms with E-state index in [-0.39, 0.29) is 0 Å². The highest BCUT2D eigenvalue weighted by atomic mass is 15.2. The minimum absolute atomic E-state index is 1.21. The van der Waals surface area contributed by atoms with Gasteiger partial charge in [0, 0.05) is 0 Å². The first kappa shape index (κ1) is 21.5. The van der Waals surface area contributed by atoms with Crippen molar-refractivity contribution < 1.29 is 4.58 Å². The summed E-state index contributed by atoms with van der Waals surface area (Å²) in [5, 5.41) is 0. The van der Waals surface area contributed by atoms with Gasteiger partial charge in [0.2, 0.25) is 6.34 Å². The summed E-state index contributed by atoms with van der Waals surface area (Å²) in [5.41, 5.74) is 0. The van der Waals surface area contributed by atoms with Crippen LogP contribution in [0, 0.1) is 0 Å². The van der Waals surface area contributed by atoms with Crippen LogP contribution in [0.2, 0.25) is 0 Å². The lowest BCUT2D eigenvalue weighted by Crippen LogP contribution is -2.20. The second-order valence-corrected chi connectivity index (χ2v) is 7.94. The van der Waals surface area contributed by atoms with Gasteiger partial charge < -0.3 is 0 Å². The van der Waals surface area contributed by atoms with Crippen LogP contribution in [0.1, 0.15) is 110 Å². The maximum Gasteiger partial charge on any atom is 0.234 e. The van der Waals surface area contributed by atoms with Crippen molar-refractivity contribution in [3.05, 3.63) is 0 Å². The highest BCUT2D eigenvalue weighted by Gasteiger charge is 2.14. The summed E-state index contributed by atoms with van der Waals surface area (Å²) in [5.74, 6) is 0. The Morgan fingerprint density at radius 2 is 1.08 bits per heavy atom. The first-order valence-corrected chi connectivity index (χ1v) is 11.1. The summed E-state index contributed by atoms with van der Waals surface area (Å²) in [4.78, 5) is 2.48. The van der Waals surface area contributed by atoms with E-state index in [1.54, 1.807) is 0 Å². The molecule has 0 bridgehead atoms. The fraction of sp³-hybridized carbons (Fsp3) is 0.955. The molecule has 0 radical (unpaired) electrons. The average molecular weight is 338 g/mol. The molecule has 0 aromatic rings. The largest absolute Gasteiger partial charge is 0.267 e. The molecule has 2 heteroatoms. The molecule has 2 nitrogen and oxygen atoms in total. The molecule has 0 saturated heterocycles. The molecule has 0 aliphatic carbocycles. The molecule has 1 aliphatic rings. The van der Waals surface area contributed by atoms with Gasteiger partial charge in [-0.2, -0.15) is 0 Å². The van der Waals surface area contributed by atoms with Gasteiger partial charge in [-0.25, -0.2) is 0 Å². The average Bonchev–Trinajstić information content (AvgIpc) is 3.00. The minimum Gasteiger partial charge on any atom is -0.267 e. The molecule has 0 saturated carbocycles. The molecule has 1 heterocycles. The van der Waals surface area contributed by atoms with Crippen LogP contribution < -0.4 is 0 Å². The molecule has 0 unspecified atom stereocenters. The van der Waals surface area contributed by atoms with Crippen LogP contribution in [-0.4, -0.2) is 42.5 Å². The van der Waals surface area contributed by atoms with E-state index in [0.717, 1.165) is 0 Å². The van der Waals surface area contributed by atoms with Crippen molar-refractivity contribution in [2.75, 3.05) is 26.7 Å². The van der Waals surface area contributed by atoms with Gasteiger partial charge in [-0.1, -0.05) is 96.8 Å². The summed E-state index contributed by atoms with van der Waals surface area (Å²) in [6.07, 6.45) is 25.5. The van der Waals surface area contributed by atoms with Gasteiger partial charge in [-0.15, -0.1) is 0 Å². The Morgan fingerprint density at radius 1 is 0.667 bits per heavy atom. The fourth-order valence-electron chi connectivity index (χ4n) is 3.71. The standard InChI is InChI=1S/C22H45N2/c1-3-4-5-6-7-8-9-10-11-12-13-14-15-16-17-18-19-24-21-20-23(2)22-24/h22H,3-21H2,1-2H3/q+1. The maximum absolute atomic E-state index is 2.48. The van der Waals surface area contributed by atoms with Crippen molar-refractivity contribution in [3.63, 3.8) is 0 Å². The third-order valence-corrected chi connectivity index (χ3v) is 5.40. The van der Waals surface area contributed by atoms with Gasteiger partial charge in [-0.05, 0) is 12.8 Å². The van der Waals surface area contributed by atoms with Crippen LogP contribution in [0.15, 0.2) is 0 Å². The topological polar surface area (TPSA) is 6.25 Å². The van der Waals surface area contributed by atoms with Gasteiger partial charge in [-0.3, -0.25) is 9.48 Å². The molecular formula is C22H45N2+. The molecule has 1 aliphatic heterocycles. The van der Waals surface area contributed by atoms with Gasteiger partial charge in [0.05, 0.1) is 13.6 Å². The molecule has 0 N–H and O–H groups in total. The number of likely N-dealkylation sites (N-methyl/N-ethyl adjacent to an activating group) is 1. The van der Waals surface area contributed by atoms with Gasteiger partial charge in [0.25, 0.3) is 0 Å². The van der Waals surface area contributed by atoms with Crippen molar-refractivity contribution in [2.45, 2.75) is 110 Å². The van der Waals surface area contributed by atoms with E-state index >= 15 is 0 Å². The van der Waals surface area contributed by atoms with Crippen molar-refractivity contribution in [1.29, 1.82) is 0 Å². The smallest absolute Gasteiger partial charge is 0.234 e. The lowest BCUT2D eigenvalue weighted by atomic mass is 10.0. The van der Waals surface area contributed by atoms with Crippen molar-refractivity contribution in [3.8, 4) is 0 Å². The van der Waals surface area contributed by atoms with Crippen LogP contribution in [0.4, 0.5) is 0 Å². The van der Waals surface area contributed by atoms with E-state index < -0.39 is 0 Å². The van der Waals surface area contributed by atoms with Crippen LogP contribution in [0.3, 0.4) is 0 Å². The van der Waals surface area contributed by atoms with Gasteiger partial charge in [0.1, 0.15) is 13.1 Å². The highest BCUT2D eigenvalue weighted by molar-refractivity contribution is 5.50. The Labute approximate surface area is 152 Å². The van der Waals surface area contributed by atoms with Gasteiger partial charge in [0.15, 0.2) is 0 Å². The Balaban J connectivity index is 1.68. The SMILES string of the molecule is CCCCCCCCCCCCCCCCCCN1C=[N+](C)CC1. The van der Waals surface area contributed by atoms with E-state index in [1.807, 2.05) is 0 Å².